The Kier molecular flexibility index (Phi) is 64.3. The van der Waals surface area contributed by atoms with Crippen molar-refractivity contribution in [1.29, 1.82) is 0 Å². The molecule has 0 aromatic rings. The number of allylic oxidation sites excluding steroid dienone is 18. The summed E-state index contributed by atoms with van der Waals surface area (Å²) >= 11 is 0. The Balaban J connectivity index is 4.38. The van der Waals surface area contributed by atoms with Gasteiger partial charge in [-0.1, -0.05) is 304 Å². The average Bonchev–Trinajstić information content (AvgIpc) is 3.46. The molecule has 0 spiro atoms. The van der Waals surface area contributed by atoms with Crippen LogP contribution in [0, 0.1) is 0 Å². The molecule has 0 saturated heterocycles. The topological polar surface area (TPSA) is 78.9 Å². The van der Waals surface area contributed by atoms with Gasteiger partial charge in [0.25, 0.3) is 0 Å². The summed E-state index contributed by atoms with van der Waals surface area (Å²) < 4.78 is 17.0. The quantitative estimate of drug-likeness (QED) is 0.0261. The molecular weight excluding hydrogens is 985 g/mol. The average molecular weight is 1110 g/mol. The van der Waals surface area contributed by atoms with E-state index < -0.39 is 6.10 Å². The summed E-state index contributed by atoms with van der Waals surface area (Å²) in [7, 11) is 0. The van der Waals surface area contributed by atoms with Crippen LogP contribution in [0.3, 0.4) is 0 Å². The molecule has 0 amide bonds. The minimum atomic E-state index is -0.790. The number of unbranched alkanes of at least 4 members (excludes halogenated alkanes) is 32. The molecule has 0 radical (unpaired) electrons. The normalized spacial score (nSPS) is 12.8. The second-order valence-electron chi connectivity index (χ2n) is 22.4. The summed E-state index contributed by atoms with van der Waals surface area (Å²) in [4.78, 5) is 38.4. The lowest BCUT2D eigenvalue weighted by atomic mass is 10.0. The van der Waals surface area contributed by atoms with Gasteiger partial charge < -0.3 is 14.2 Å². The number of carbonyl (C=O) groups is 3. The highest BCUT2D eigenvalue weighted by Crippen LogP contribution is 2.17. The van der Waals surface area contributed by atoms with E-state index in [4.69, 9.17) is 14.2 Å². The fourth-order valence-corrected chi connectivity index (χ4v) is 9.45. The predicted octanol–water partition coefficient (Wildman–Crippen LogP) is 23.4. The third-order valence-corrected chi connectivity index (χ3v) is 14.5. The second kappa shape index (κ2) is 67.6. The molecule has 6 nitrogen and oxygen atoms in total. The summed E-state index contributed by atoms with van der Waals surface area (Å²) in [5.41, 5.74) is 0. The molecule has 0 rings (SSSR count). The van der Waals surface area contributed by atoms with Crippen molar-refractivity contribution in [1.82, 2.24) is 0 Å². The zero-order valence-corrected chi connectivity index (χ0v) is 52.6. The maximum atomic E-state index is 12.9. The molecular formula is C74H126O6. The highest BCUT2D eigenvalue weighted by atomic mass is 16.6. The van der Waals surface area contributed by atoms with Crippen LogP contribution >= 0.6 is 0 Å². The summed E-state index contributed by atoms with van der Waals surface area (Å²) in [5.74, 6) is -0.893. The van der Waals surface area contributed by atoms with E-state index in [1.54, 1.807) is 0 Å². The summed E-state index contributed by atoms with van der Waals surface area (Å²) in [5, 5.41) is 0. The molecule has 0 aromatic carbocycles. The summed E-state index contributed by atoms with van der Waals surface area (Å²) in [6, 6.07) is 0. The van der Waals surface area contributed by atoms with Crippen LogP contribution < -0.4 is 0 Å². The van der Waals surface area contributed by atoms with Crippen molar-refractivity contribution < 1.29 is 28.6 Å². The third-order valence-electron chi connectivity index (χ3n) is 14.5. The van der Waals surface area contributed by atoms with Crippen molar-refractivity contribution in [3.63, 3.8) is 0 Å². The third kappa shape index (κ3) is 64.9. The first-order valence-electron chi connectivity index (χ1n) is 33.9. The van der Waals surface area contributed by atoms with Crippen LogP contribution in [-0.2, 0) is 28.6 Å². The number of carbonyl (C=O) groups excluding carboxylic acids is 3. The molecule has 0 aliphatic rings. The van der Waals surface area contributed by atoms with Gasteiger partial charge >= 0.3 is 17.9 Å². The maximum Gasteiger partial charge on any atom is 0.306 e. The van der Waals surface area contributed by atoms with Gasteiger partial charge in [0.05, 0.1) is 0 Å². The highest BCUT2D eigenvalue weighted by Gasteiger charge is 2.19. The van der Waals surface area contributed by atoms with Crippen LogP contribution in [0.2, 0.25) is 0 Å². The van der Waals surface area contributed by atoms with Crippen LogP contribution in [0.5, 0.6) is 0 Å². The van der Waals surface area contributed by atoms with Crippen LogP contribution in [0.25, 0.3) is 0 Å². The summed E-state index contributed by atoms with van der Waals surface area (Å²) in [6.45, 7) is 6.52. The van der Waals surface area contributed by atoms with Crippen LogP contribution in [0.15, 0.2) is 109 Å². The van der Waals surface area contributed by atoms with Crippen molar-refractivity contribution in [2.45, 2.75) is 329 Å². The minimum Gasteiger partial charge on any atom is -0.462 e. The Labute approximate surface area is 495 Å². The maximum absolute atomic E-state index is 12.9. The van der Waals surface area contributed by atoms with E-state index in [9.17, 15) is 14.4 Å². The van der Waals surface area contributed by atoms with E-state index >= 15 is 0 Å². The van der Waals surface area contributed by atoms with E-state index in [2.05, 4.69) is 130 Å². The molecule has 1 unspecified atom stereocenters. The number of esters is 3. The predicted molar refractivity (Wildman–Crippen MR) is 348 cm³/mol. The van der Waals surface area contributed by atoms with Gasteiger partial charge in [-0.2, -0.15) is 0 Å². The van der Waals surface area contributed by atoms with E-state index in [0.717, 1.165) is 128 Å². The first-order chi connectivity index (χ1) is 39.5. The van der Waals surface area contributed by atoms with Gasteiger partial charge in [0.15, 0.2) is 6.10 Å². The Morgan fingerprint density at radius 3 is 0.787 bits per heavy atom. The fourth-order valence-electron chi connectivity index (χ4n) is 9.45. The molecule has 0 heterocycles. The van der Waals surface area contributed by atoms with Gasteiger partial charge in [0, 0.05) is 19.3 Å². The number of hydrogen-bond donors (Lipinski definition) is 0. The van der Waals surface area contributed by atoms with Crippen LogP contribution in [0.1, 0.15) is 323 Å². The zero-order valence-electron chi connectivity index (χ0n) is 52.6. The van der Waals surface area contributed by atoms with Crippen LogP contribution in [0.4, 0.5) is 0 Å². The van der Waals surface area contributed by atoms with Gasteiger partial charge in [0.2, 0.25) is 0 Å². The van der Waals surface area contributed by atoms with E-state index in [1.165, 1.54) is 154 Å². The molecule has 6 heteroatoms. The Morgan fingerprint density at radius 2 is 0.487 bits per heavy atom. The van der Waals surface area contributed by atoms with Gasteiger partial charge in [-0.3, -0.25) is 14.4 Å². The van der Waals surface area contributed by atoms with Crippen molar-refractivity contribution in [2.75, 3.05) is 13.2 Å². The lowest BCUT2D eigenvalue weighted by Crippen LogP contribution is -2.30. The fraction of sp³-hybridized carbons (Fsp3) is 0.716. The van der Waals surface area contributed by atoms with Crippen molar-refractivity contribution in [3.05, 3.63) is 109 Å². The van der Waals surface area contributed by atoms with E-state index in [-0.39, 0.29) is 31.1 Å². The molecule has 0 bridgehead atoms. The number of rotatable bonds is 61. The molecule has 0 aromatic heterocycles. The summed E-state index contributed by atoms with van der Waals surface area (Å²) in [6.07, 6.45) is 92.3. The molecule has 0 saturated carbocycles. The molecule has 0 N–H and O–H groups in total. The molecule has 1 atom stereocenters. The lowest BCUT2D eigenvalue weighted by molar-refractivity contribution is -0.167. The van der Waals surface area contributed by atoms with Gasteiger partial charge in [-0.25, -0.2) is 0 Å². The SMILES string of the molecule is CC/C=C\C/C=C\C/C=C\C/C=C\C/C=C\C/C=C\CCCCCCCCCCC(=O)OCC(COC(=O)CCCCCCCCCCCCCCCCCC)OC(=O)CCCCCCCC/C=C\C/C=C\C/C=C\CCCCC. The minimum absolute atomic E-state index is 0.0840. The van der Waals surface area contributed by atoms with E-state index in [1.807, 2.05) is 0 Å². The van der Waals surface area contributed by atoms with Crippen molar-refractivity contribution in [3.8, 4) is 0 Å². The Hall–Kier alpha value is -3.93. The monoisotopic (exact) mass is 1110 g/mol. The largest absolute Gasteiger partial charge is 0.462 e. The molecule has 0 aliphatic carbocycles. The molecule has 458 valence electrons. The molecule has 0 aliphatic heterocycles. The number of ether oxygens (including phenoxy) is 3. The second-order valence-corrected chi connectivity index (χ2v) is 22.4. The standard InChI is InChI=1S/C74H126O6/c1-4-7-10-13-16-19-22-25-28-31-33-34-35-36-37-38-39-40-42-43-46-49-52-55-58-61-64-67-73(76)79-70-71(69-78-72(75)66-63-60-57-54-51-48-45-30-27-24-21-18-15-12-9-6-3)80-74(77)68-65-62-59-56-53-50-47-44-41-32-29-26-23-20-17-14-11-8-5-2/h7,10,16-17,19-20,25-26,28-29,33-34,36-37,39-41,44,71H,4-6,8-9,11-15,18,21-24,27,30-32,35,38,42-43,45-70H2,1-3H3/b10-7-,19-16-,20-17-,28-25-,29-26-,34-33-,37-36-,40-39-,44-41-. The van der Waals surface area contributed by atoms with Gasteiger partial charge in [-0.15, -0.1) is 0 Å². The Morgan fingerprint density at radius 1 is 0.263 bits per heavy atom. The lowest BCUT2D eigenvalue weighted by Gasteiger charge is -2.18. The first-order valence-corrected chi connectivity index (χ1v) is 33.9. The molecule has 0 fully saturated rings. The van der Waals surface area contributed by atoms with Crippen LogP contribution in [-0.4, -0.2) is 37.2 Å². The zero-order chi connectivity index (χ0) is 57.8. The Bertz CT molecular complexity index is 1610. The van der Waals surface area contributed by atoms with Crippen molar-refractivity contribution in [2.24, 2.45) is 0 Å². The van der Waals surface area contributed by atoms with Gasteiger partial charge in [0.1, 0.15) is 13.2 Å². The van der Waals surface area contributed by atoms with E-state index in [0.29, 0.717) is 19.3 Å². The van der Waals surface area contributed by atoms with Gasteiger partial charge in [-0.05, 0) is 109 Å². The first kappa shape index (κ1) is 76.1. The highest BCUT2D eigenvalue weighted by molar-refractivity contribution is 5.71. The van der Waals surface area contributed by atoms with Crippen molar-refractivity contribution >= 4 is 17.9 Å². The number of hydrogen-bond acceptors (Lipinski definition) is 6. The smallest absolute Gasteiger partial charge is 0.306 e. The molecule has 80 heavy (non-hydrogen) atoms.